The van der Waals surface area contributed by atoms with Gasteiger partial charge in [0.1, 0.15) is 0 Å². The van der Waals surface area contributed by atoms with Gasteiger partial charge in [-0.25, -0.2) is 0 Å². The molecule has 1 aliphatic heterocycles. The van der Waals surface area contributed by atoms with Gasteiger partial charge in [-0.05, 0) is 67.1 Å². The molecule has 4 saturated carbocycles. The topological polar surface area (TPSA) is 46.3 Å². The number of nitrogens with two attached hydrogens (primary N) is 1. The minimum absolute atomic E-state index is 0.209. The Labute approximate surface area is 128 Å². The highest BCUT2D eigenvalue weighted by molar-refractivity contribution is 5.77. The second-order valence-corrected chi connectivity index (χ2v) is 9.70. The van der Waals surface area contributed by atoms with E-state index in [0.717, 1.165) is 31.8 Å². The van der Waals surface area contributed by atoms with E-state index in [4.69, 9.17) is 5.73 Å². The summed E-state index contributed by atoms with van der Waals surface area (Å²) in [5, 5.41) is 0. The molecule has 21 heavy (non-hydrogen) atoms. The highest BCUT2D eigenvalue weighted by Crippen LogP contribution is 2.70. The summed E-state index contributed by atoms with van der Waals surface area (Å²) in [7, 11) is 0. The van der Waals surface area contributed by atoms with E-state index in [-0.39, 0.29) is 6.04 Å². The maximum atomic E-state index is 12.8. The molecule has 1 heterocycles. The second-order valence-electron chi connectivity index (χ2n) is 9.70. The second kappa shape index (κ2) is 4.24. The quantitative estimate of drug-likeness (QED) is 0.850. The monoisotopic (exact) mass is 290 g/mol. The Morgan fingerprint density at radius 2 is 1.81 bits per heavy atom. The molecule has 5 fully saturated rings. The molecular weight excluding hydrogens is 260 g/mol. The van der Waals surface area contributed by atoms with Gasteiger partial charge in [0.2, 0.25) is 5.91 Å². The van der Waals surface area contributed by atoms with Gasteiger partial charge in [0.25, 0.3) is 0 Å². The Balaban J connectivity index is 1.53. The van der Waals surface area contributed by atoms with Gasteiger partial charge in [0.05, 0.1) is 0 Å². The van der Waals surface area contributed by atoms with Gasteiger partial charge in [-0.2, -0.15) is 0 Å². The first-order valence-electron chi connectivity index (χ1n) is 8.82. The molecule has 1 saturated heterocycles. The van der Waals surface area contributed by atoms with E-state index < -0.39 is 0 Å². The smallest absolute Gasteiger partial charge is 0.223 e. The van der Waals surface area contributed by atoms with Crippen LogP contribution >= 0.6 is 0 Å². The van der Waals surface area contributed by atoms with Crippen LogP contribution in [0.1, 0.15) is 65.2 Å². The summed E-state index contributed by atoms with van der Waals surface area (Å²) in [6.07, 6.45) is 9.87. The molecule has 4 aliphatic carbocycles. The fourth-order valence-corrected chi connectivity index (χ4v) is 7.33. The van der Waals surface area contributed by atoms with Crippen LogP contribution in [0.15, 0.2) is 0 Å². The molecular formula is C18H30N2O. The van der Waals surface area contributed by atoms with Crippen LogP contribution in [0, 0.1) is 22.2 Å². The Hall–Kier alpha value is -0.570. The molecule has 3 unspecified atom stereocenters. The lowest BCUT2D eigenvalue weighted by molar-refractivity contribution is -0.160. The van der Waals surface area contributed by atoms with Gasteiger partial charge in [-0.3, -0.25) is 4.79 Å². The molecule has 0 radical (unpaired) electrons. The Kier molecular flexibility index (Phi) is 2.84. The predicted molar refractivity (Wildman–Crippen MR) is 83.6 cm³/mol. The van der Waals surface area contributed by atoms with E-state index in [1.165, 1.54) is 38.5 Å². The van der Waals surface area contributed by atoms with E-state index in [1.54, 1.807) is 0 Å². The summed E-state index contributed by atoms with van der Waals surface area (Å²) in [4.78, 5) is 14.8. The van der Waals surface area contributed by atoms with Crippen LogP contribution in [-0.4, -0.2) is 29.9 Å². The molecule has 3 heteroatoms. The summed E-state index contributed by atoms with van der Waals surface area (Å²) >= 11 is 0. The summed E-state index contributed by atoms with van der Waals surface area (Å²) < 4.78 is 0. The zero-order valence-corrected chi connectivity index (χ0v) is 13.7. The average Bonchev–Trinajstić information content (AvgIpc) is 2.70. The van der Waals surface area contributed by atoms with Crippen molar-refractivity contribution in [2.45, 2.75) is 71.3 Å². The van der Waals surface area contributed by atoms with E-state index in [2.05, 4.69) is 13.8 Å². The number of likely N-dealkylation sites (tertiary alicyclic amines) is 1. The van der Waals surface area contributed by atoms with Gasteiger partial charge < -0.3 is 10.6 Å². The maximum absolute atomic E-state index is 12.8. The van der Waals surface area contributed by atoms with Gasteiger partial charge in [-0.1, -0.05) is 13.8 Å². The first kappa shape index (κ1) is 14.0. The molecule has 3 nitrogen and oxygen atoms in total. The van der Waals surface area contributed by atoms with Crippen LogP contribution in [0.2, 0.25) is 0 Å². The number of hydrogen-bond donors (Lipinski definition) is 1. The summed E-state index contributed by atoms with van der Waals surface area (Å²) in [5.41, 5.74) is 7.30. The van der Waals surface area contributed by atoms with Crippen LogP contribution in [0.25, 0.3) is 0 Å². The van der Waals surface area contributed by atoms with Crippen molar-refractivity contribution in [3.63, 3.8) is 0 Å². The minimum atomic E-state index is 0.209. The average molecular weight is 290 g/mol. The largest absolute Gasteiger partial charge is 0.341 e. The van der Waals surface area contributed by atoms with Gasteiger partial charge in [-0.15, -0.1) is 0 Å². The predicted octanol–water partition coefficient (Wildman–Crippen LogP) is 2.93. The minimum Gasteiger partial charge on any atom is -0.341 e. The molecule has 0 spiro atoms. The third-order valence-electron chi connectivity index (χ3n) is 6.85. The van der Waals surface area contributed by atoms with Crippen LogP contribution in [-0.2, 0) is 4.79 Å². The maximum Gasteiger partial charge on any atom is 0.223 e. The third kappa shape index (κ3) is 2.32. The molecule has 0 aromatic heterocycles. The summed E-state index contributed by atoms with van der Waals surface area (Å²) in [6, 6.07) is 0.209. The molecule has 2 N–H and O–H groups in total. The van der Waals surface area contributed by atoms with Crippen LogP contribution < -0.4 is 5.73 Å². The Morgan fingerprint density at radius 1 is 1.14 bits per heavy atom. The Morgan fingerprint density at radius 3 is 2.33 bits per heavy atom. The zero-order valence-electron chi connectivity index (χ0n) is 13.7. The lowest BCUT2D eigenvalue weighted by atomic mass is 9.40. The van der Waals surface area contributed by atoms with Crippen LogP contribution in [0.5, 0.6) is 0 Å². The SMILES string of the molecule is CC12CC3CC(C)(C1)CC(CC(=O)N1CCC(N)C1)(C3)C2. The van der Waals surface area contributed by atoms with Crippen molar-refractivity contribution in [2.24, 2.45) is 27.9 Å². The molecule has 1 amide bonds. The fourth-order valence-electron chi connectivity index (χ4n) is 7.33. The van der Waals surface area contributed by atoms with Crippen molar-refractivity contribution >= 4 is 5.91 Å². The van der Waals surface area contributed by atoms with Crippen molar-refractivity contribution in [3.05, 3.63) is 0 Å². The molecule has 118 valence electrons. The number of carbonyl (C=O) groups is 1. The molecule has 0 aromatic carbocycles. The van der Waals surface area contributed by atoms with Crippen molar-refractivity contribution in [1.82, 2.24) is 4.90 Å². The molecule has 0 aromatic rings. The van der Waals surface area contributed by atoms with Crippen LogP contribution in [0.4, 0.5) is 0 Å². The van der Waals surface area contributed by atoms with Gasteiger partial charge in [0, 0.05) is 25.6 Å². The Bertz CT molecular complexity index is 456. The van der Waals surface area contributed by atoms with E-state index >= 15 is 0 Å². The van der Waals surface area contributed by atoms with Crippen molar-refractivity contribution in [1.29, 1.82) is 0 Å². The number of amides is 1. The first-order valence-corrected chi connectivity index (χ1v) is 8.82. The zero-order chi connectivity index (χ0) is 14.9. The highest BCUT2D eigenvalue weighted by atomic mass is 16.2. The molecule has 3 atom stereocenters. The van der Waals surface area contributed by atoms with Gasteiger partial charge >= 0.3 is 0 Å². The van der Waals surface area contributed by atoms with E-state index in [9.17, 15) is 4.79 Å². The number of rotatable bonds is 2. The first-order chi connectivity index (χ1) is 9.79. The number of hydrogen-bond acceptors (Lipinski definition) is 2. The van der Waals surface area contributed by atoms with Crippen molar-refractivity contribution in [2.75, 3.05) is 13.1 Å². The van der Waals surface area contributed by atoms with E-state index in [0.29, 0.717) is 22.2 Å². The molecule has 5 aliphatic rings. The number of carbonyl (C=O) groups excluding carboxylic acids is 1. The normalized spacial score (nSPS) is 51.7. The van der Waals surface area contributed by atoms with Crippen molar-refractivity contribution < 1.29 is 4.79 Å². The summed E-state index contributed by atoms with van der Waals surface area (Å²) in [5.74, 6) is 1.27. The van der Waals surface area contributed by atoms with Gasteiger partial charge in [0.15, 0.2) is 0 Å². The van der Waals surface area contributed by atoms with Crippen molar-refractivity contribution in [3.8, 4) is 0 Å². The molecule has 5 rings (SSSR count). The fraction of sp³-hybridized carbons (Fsp3) is 0.944. The molecule has 4 bridgehead atoms. The summed E-state index contributed by atoms with van der Waals surface area (Å²) in [6.45, 7) is 6.64. The van der Waals surface area contributed by atoms with Crippen LogP contribution in [0.3, 0.4) is 0 Å². The highest BCUT2D eigenvalue weighted by Gasteiger charge is 2.60. The third-order valence-corrected chi connectivity index (χ3v) is 6.85. The van der Waals surface area contributed by atoms with E-state index in [1.807, 2.05) is 4.90 Å². The standard InChI is InChI=1S/C18H30N2O/c1-16-5-13-6-17(2,10-16)12-18(7-13,11-16)8-15(21)20-4-3-14(19)9-20/h13-14H,3-12,19H2,1-2H3. The lowest BCUT2D eigenvalue weighted by Gasteiger charge is -2.65. The number of nitrogens with zero attached hydrogens (tertiary/aromatic N) is 1. The lowest BCUT2D eigenvalue weighted by Crippen LogP contribution is -2.56.